The lowest BCUT2D eigenvalue weighted by atomic mass is 9.77. The zero-order chi connectivity index (χ0) is 16.3. The number of aromatic amines is 1. The van der Waals surface area contributed by atoms with Gasteiger partial charge in [-0.3, -0.25) is 4.79 Å². The summed E-state index contributed by atoms with van der Waals surface area (Å²) in [6.45, 7) is 2.13. The molecule has 1 aromatic heterocycles. The molecule has 1 aliphatic carbocycles. The number of ketones is 1. The Bertz CT molecular complexity index is 941. The monoisotopic (exact) mass is 316 g/mol. The number of aryl methyl sites for hydroxylation is 1. The quantitative estimate of drug-likeness (QED) is 0.699. The van der Waals surface area contributed by atoms with Crippen molar-refractivity contribution in [3.05, 3.63) is 65.4 Å². The Hall–Kier alpha value is -2.55. The molecule has 3 aromatic rings. The highest BCUT2D eigenvalue weighted by Gasteiger charge is 2.44. The molecule has 1 saturated carbocycles. The van der Waals surface area contributed by atoms with Crippen LogP contribution in [0.1, 0.15) is 35.6 Å². The maximum atomic E-state index is 12.8. The Balaban J connectivity index is 1.85. The minimum Gasteiger partial charge on any atom is -0.381 e. The van der Waals surface area contributed by atoms with Crippen LogP contribution >= 0.6 is 0 Å². The van der Waals surface area contributed by atoms with Gasteiger partial charge in [0.05, 0.1) is 0 Å². The summed E-state index contributed by atoms with van der Waals surface area (Å²) < 4.78 is 0. The maximum Gasteiger partial charge on any atom is 0.139 e. The van der Waals surface area contributed by atoms with Gasteiger partial charge in [0.2, 0.25) is 0 Å². The molecule has 0 radical (unpaired) electrons. The molecule has 0 amide bonds. The molecule has 2 N–H and O–H groups in total. The molecule has 120 valence electrons. The molecule has 2 aromatic carbocycles. The molecule has 3 nitrogen and oxygen atoms in total. The van der Waals surface area contributed by atoms with Gasteiger partial charge in [-0.05, 0) is 36.6 Å². The molecule has 5 rings (SSSR count). The largest absolute Gasteiger partial charge is 0.381 e. The number of rotatable bonds is 1. The van der Waals surface area contributed by atoms with Gasteiger partial charge in [0.25, 0.3) is 0 Å². The van der Waals surface area contributed by atoms with Crippen molar-refractivity contribution in [3.8, 4) is 0 Å². The van der Waals surface area contributed by atoms with Crippen molar-refractivity contribution in [2.24, 2.45) is 5.92 Å². The minimum atomic E-state index is 0.0116. The molecule has 2 aliphatic rings. The van der Waals surface area contributed by atoms with E-state index in [1.165, 1.54) is 22.2 Å². The molecule has 1 fully saturated rings. The van der Waals surface area contributed by atoms with Crippen LogP contribution in [0.4, 0.5) is 5.69 Å². The van der Waals surface area contributed by atoms with E-state index in [-0.39, 0.29) is 17.9 Å². The number of anilines is 1. The highest BCUT2D eigenvalue weighted by molar-refractivity contribution is 5.99. The van der Waals surface area contributed by atoms with Gasteiger partial charge in [-0.15, -0.1) is 0 Å². The molecule has 2 heterocycles. The van der Waals surface area contributed by atoms with Gasteiger partial charge < -0.3 is 10.3 Å². The van der Waals surface area contributed by atoms with Gasteiger partial charge in [0.1, 0.15) is 5.78 Å². The van der Waals surface area contributed by atoms with Crippen molar-refractivity contribution >= 4 is 22.4 Å². The average molecular weight is 316 g/mol. The van der Waals surface area contributed by atoms with Crippen molar-refractivity contribution in [1.29, 1.82) is 0 Å². The van der Waals surface area contributed by atoms with Gasteiger partial charge in [-0.1, -0.05) is 36.4 Å². The number of hydrogen-bond donors (Lipinski definition) is 2. The van der Waals surface area contributed by atoms with E-state index in [0.29, 0.717) is 12.2 Å². The van der Waals surface area contributed by atoms with Gasteiger partial charge in [0, 0.05) is 46.6 Å². The minimum absolute atomic E-state index is 0.0116. The standard InChI is InChI=1S/C21H20N2O/c1-12-18-19(13-6-3-2-4-7-13)21-16(10-11-17(21)24)23-15-9-5-8-14(22-12)20(15)18/h2-9,16,19,21-23H,10-11H2,1H3. The van der Waals surface area contributed by atoms with E-state index in [2.05, 4.69) is 59.7 Å². The van der Waals surface area contributed by atoms with Crippen LogP contribution in [0.5, 0.6) is 0 Å². The summed E-state index contributed by atoms with van der Waals surface area (Å²) >= 11 is 0. The fraction of sp³-hybridized carbons (Fsp3) is 0.286. The zero-order valence-electron chi connectivity index (χ0n) is 13.7. The summed E-state index contributed by atoms with van der Waals surface area (Å²) in [5.41, 5.74) is 6.02. The number of carbonyl (C=O) groups excluding carboxylic acids is 1. The van der Waals surface area contributed by atoms with Crippen LogP contribution in [0.15, 0.2) is 48.5 Å². The fourth-order valence-corrected chi connectivity index (χ4v) is 4.77. The van der Waals surface area contributed by atoms with Crippen LogP contribution in [0.2, 0.25) is 0 Å². The second-order valence-electron chi connectivity index (χ2n) is 7.06. The van der Waals surface area contributed by atoms with Crippen molar-refractivity contribution in [1.82, 2.24) is 4.98 Å². The van der Waals surface area contributed by atoms with Crippen molar-refractivity contribution < 1.29 is 4.79 Å². The Morgan fingerprint density at radius 2 is 1.88 bits per heavy atom. The molecule has 3 unspecified atom stereocenters. The van der Waals surface area contributed by atoms with Crippen LogP contribution < -0.4 is 5.32 Å². The predicted molar refractivity (Wildman–Crippen MR) is 96.5 cm³/mol. The lowest BCUT2D eigenvalue weighted by molar-refractivity contribution is -0.121. The number of aromatic nitrogens is 1. The summed E-state index contributed by atoms with van der Waals surface area (Å²) in [6.07, 6.45) is 1.61. The predicted octanol–water partition coefficient (Wildman–Crippen LogP) is 4.38. The summed E-state index contributed by atoms with van der Waals surface area (Å²) in [4.78, 5) is 16.3. The van der Waals surface area contributed by atoms with Gasteiger partial charge in [-0.2, -0.15) is 0 Å². The SMILES string of the molecule is Cc1[nH]c2cccc3c2c1C(c1ccccc1)C1C(=O)CCC1N3. The molecule has 0 spiro atoms. The normalized spacial score (nSPS) is 25.4. The third kappa shape index (κ3) is 1.81. The topological polar surface area (TPSA) is 44.9 Å². The van der Waals surface area contributed by atoms with Gasteiger partial charge in [-0.25, -0.2) is 0 Å². The number of carbonyl (C=O) groups is 1. The summed E-state index contributed by atoms with van der Waals surface area (Å²) in [7, 11) is 0. The number of benzene rings is 2. The molecule has 3 heteroatoms. The van der Waals surface area contributed by atoms with Crippen LogP contribution in [0.25, 0.3) is 10.9 Å². The van der Waals surface area contributed by atoms with Crippen molar-refractivity contribution in [2.75, 3.05) is 5.32 Å². The second-order valence-corrected chi connectivity index (χ2v) is 7.06. The maximum absolute atomic E-state index is 12.8. The van der Waals surface area contributed by atoms with E-state index in [9.17, 15) is 4.79 Å². The molecule has 0 bridgehead atoms. The molecule has 0 saturated heterocycles. The lowest BCUT2D eigenvalue weighted by Crippen LogP contribution is -2.31. The highest BCUT2D eigenvalue weighted by atomic mass is 16.1. The number of H-pyrrole nitrogens is 1. The summed E-state index contributed by atoms with van der Waals surface area (Å²) in [5, 5.41) is 4.94. The van der Waals surface area contributed by atoms with Crippen molar-refractivity contribution in [3.63, 3.8) is 0 Å². The molecular weight excluding hydrogens is 296 g/mol. The van der Waals surface area contributed by atoms with Crippen LogP contribution in [-0.2, 0) is 4.79 Å². The average Bonchev–Trinajstić information content (AvgIpc) is 3.06. The Labute approximate surface area is 141 Å². The highest BCUT2D eigenvalue weighted by Crippen LogP contribution is 2.48. The summed E-state index contributed by atoms with van der Waals surface area (Å²) in [5.74, 6) is 0.525. The van der Waals surface area contributed by atoms with E-state index in [0.717, 1.165) is 17.6 Å². The van der Waals surface area contributed by atoms with E-state index in [1.807, 2.05) is 6.07 Å². The molecular formula is C21H20N2O. The second kappa shape index (κ2) is 4.97. The third-order valence-electron chi connectivity index (χ3n) is 5.74. The molecule has 1 aliphatic heterocycles. The first-order chi connectivity index (χ1) is 11.7. The molecule has 24 heavy (non-hydrogen) atoms. The van der Waals surface area contributed by atoms with E-state index in [4.69, 9.17) is 0 Å². The summed E-state index contributed by atoms with van der Waals surface area (Å²) in [6, 6.07) is 17.1. The first kappa shape index (κ1) is 13.8. The van der Waals surface area contributed by atoms with E-state index < -0.39 is 0 Å². The number of fused-ring (bicyclic) bond motifs is 1. The number of Topliss-reactive ketones (excluding diaryl/α,β-unsaturated/α-hetero) is 1. The first-order valence-electron chi connectivity index (χ1n) is 8.69. The van der Waals surface area contributed by atoms with E-state index in [1.54, 1.807) is 0 Å². The van der Waals surface area contributed by atoms with Crippen LogP contribution in [0, 0.1) is 12.8 Å². The van der Waals surface area contributed by atoms with Crippen LogP contribution in [-0.4, -0.2) is 16.8 Å². The lowest BCUT2D eigenvalue weighted by Gasteiger charge is -2.27. The third-order valence-corrected chi connectivity index (χ3v) is 5.74. The Kier molecular flexibility index (Phi) is 2.87. The molecule has 3 atom stereocenters. The zero-order valence-corrected chi connectivity index (χ0v) is 13.7. The first-order valence-corrected chi connectivity index (χ1v) is 8.69. The fourth-order valence-electron chi connectivity index (χ4n) is 4.77. The van der Waals surface area contributed by atoms with Crippen molar-refractivity contribution in [2.45, 2.75) is 31.7 Å². The van der Waals surface area contributed by atoms with Gasteiger partial charge in [0.15, 0.2) is 0 Å². The van der Waals surface area contributed by atoms with Gasteiger partial charge >= 0.3 is 0 Å². The van der Waals surface area contributed by atoms with E-state index >= 15 is 0 Å². The number of hydrogen-bond acceptors (Lipinski definition) is 2. The smallest absolute Gasteiger partial charge is 0.139 e. The number of nitrogens with one attached hydrogen (secondary N) is 2. The Morgan fingerprint density at radius 1 is 1.04 bits per heavy atom. The Morgan fingerprint density at radius 3 is 2.71 bits per heavy atom. The van der Waals surface area contributed by atoms with Crippen LogP contribution in [0.3, 0.4) is 0 Å².